The van der Waals surface area contributed by atoms with E-state index >= 15 is 0 Å². The average molecular weight is 314 g/mol. The second-order valence-corrected chi connectivity index (χ2v) is 7.36. The number of thiol groups is 1. The van der Waals surface area contributed by atoms with Gasteiger partial charge in [0.05, 0.1) is 0 Å². The number of nitrogens with zero attached hydrogens (tertiary/aromatic N) is 2. The number of carbonyl (C=O) groups excluding carboxylic acids is 2. The summed E-state index contributed by atoms with van der Waals surface area (Å²) in [6, 6.07) is 0.265. The summed E-state index contributed by atoms with van der Waals surface area (Å²) >= 11 is 4.29. The lowest BCUT2D eigenvalue weighted by Crippen LogP contribution is -2.48. The van der Waals surface area contributed by atoms with Gasteiger partial charge in [-0.15, -0.1) is 0 Å². The Morgan fingerprint density at radius 1 is 1.33 bits per heavy atom. The number of carbonyl (C=O) groups is 2. The molecule has 2 rings (SSSR count). The van der Waals surface area contributed by atoms with Gasteiger partial charge in [-0.2, -0.15) is 12.6 Å². The minimum atomic E-state index is -0.460. The Bertz CT molecular complexity index is 400. The van der Waals surface area contributed by atoms with Crippen molar-refractivity contribution in [2.24, 2.45) is 5.92 Å². The van der Waals surface area contributed by atoms with Gasteiger partial charge in [-0.1, -0.05) is 0 Å². The number of hydrogen-bond donors (Lipinski definition) is 1. The first-order valence-corrected chi connectivity index (χ1v) is 8.31. The summed E-state index contributed by atoms with van der Waals surface area (Å²) in [6.45, 7) is 7.76. The highest BCUT2D eigenvalue weighted by Gasteiger charge is 2.36. The summed E-state index contributed by atoms with van der Waals surface area (Å²) < 4.78 is 5.39. The molecule has 2 aliphatic rings. The van der Waals surface area contributed by atoms with Crippen LogP contribution in [-0.4, -0.2) is 58.8 Å². The highest BCUT2D eigenvalue weighted by Crippen LogP contribution is 2.26. The van der Waals surface area contributed by atoms with Crippen LogP contribution in [0.3, 0.4) is 0 Å². The quantitative estimate of drug-likeness (QED) is 0.795. The minimum absolute atomic E-state index is 0.241. The molecule has 120 valence electrons. The zero-order valence-electron chi connectivity index (χ0n) is 13.2. The molecule has 21 heavy (non-hydrogen) atoms. The van der Waals surface area contributed by atoms with Crippen LogP contribution in [0.5, 0.6) is 0 Å². The molecule has 2 saturated heterocycles. The fourth-order valence-corrected chi connectivity index (χ4v) is 3.21. The first-order valence-electron chi connectivity index (χ1n) is 7.68. The number of piperidine rings is 1. The topological polar surface area (TPSA) is 49.9 Å². The SMILES string of the molecule is CC(C)(C)OC(=O)N1CCC(N2CC(CS)CC2=O)CC1. The minimum Gasteiger partial charge on any atom is -0.444 e. The lowest BCUT2D eigenvalue weighted by Gasteiger charge is -2.37. The van der Waals surface area contributed by atoms with Crippen molar-refractivity contribution < 1.29 is 14.3 Å². The maximum Gasteiger partial charge on any atom is 0.410 e. The molecule has 0 aromatic heterocycles. The van der Waals surface area contributed by atoms with Gasteiger partial charge in [0.1, 0.15) is 5.60 Å². The Hall–Kier alpha value is -0.910. The average Bonchev–Trinajstić information content (AvgIpc) is 2.78. The summed E-state index contributed by atoms with van der Waals surface area (Å²) in [5, 5.41) is 0. The van der Waals surface area contributed by atoms with E-state index in [2.05, 4.69) is 12.6 Å². The van der Waals surface area contributed by atoms with Crippen molar-refractivity contribution in [3.05, 3.63) is 0 Å². The molecule has 0 aromatic rings. The standard InChI is InChI=1S/C15H26N2O3S/c1-15(2,3)20-14(19)16-6-4-12(5-7-16)17-9-11(10-21)8-13(17)18/h11-12,21H,4-10H2,1-3H3. The van der Waals surface area contributed by atoms with Crippen molar-refractivity contribution in [2.75, 3.05) is 25.4 Å². The number of hydrogen-bond acceptors (Lipinski definition) is 4. The first kappa shape index (κ1) is 16.5. The van der Waals surface area contributed by atoms with Gasteiger partial charge >= 0.3 is 6.09 Å². The molecule has 0 aromatic carbocycles. The van der Waals surface area contributed by atoms with Crippen molar-refractivity contribution >= 4 is 24.6 Å². The molecule has 6 heteroatoms. The van der Waals surface area contributed by atoms with Gasteiger partial charge in [0.15, 0.2) is 0 Å². The molecule has 0 saturated carbocycles. The van der Waals surface area contributed by atoms with Gasteiger partial charge in [0, 0.05) is 32.1 Å². The van der Waals surface area contributed by atoms with Gasteiger partial charge < -0.3 is 14.5 Å². The number of amides is 2. The van der Waals surface area contributed by atoms with E-state index in [-0.39, 0.29) is 18.0 Å². The fraction of sp³-hybridized carbons (Fsp3) is 0.867. The van der Waals surface area contributed by atoms with Crippen LogP contribution in [0.25, 0.3) is 0 Å². The van der Waals surface area contributed by atoms with Crippen molar-refractivity contribution in [3.63, 3.8) is 0 Å². The summed E-state index contributed by atoms with van der Waals surface area (Å²) in [4.78, 5) is 27.8. The number of rotatable bonds is 2. The smallest absolute Gasteiger partial charge is 0.410 e. The molecule has 0 aliphatic carbocycles. The van der Waals surface area contributed by atoms with E-state index in [0.29, 0.717) is 25.4 Å². The predicted octanol–water partition coefficient (Wildman–Crippen LogP) is 2.16. The Morgan fingerprint density at radius 3 is 2.43 bits per heavy atom. The van der Waals surface area contributed by atoms with E-state index in [9.17, 15) is 9.59 Å². The van der Waals surface area contributed by atoms with Crippen LogP contribution in [0.4, 0.5) is 4.79 Å². The lowest BCUT2D eigenvalue weighted by atomic mass is 10.0. The highest BCUT2D eigenvalue weighted by molar-refractivity contribution is 7.80. The van der Waals surface area contributed by atoms with Crippen LogP contribution in [0.15, 0.2) is 0 Å². The maximum absolute atomic E-state index is 12.0. The largest absolute Gasteiger partial charge is 0.444 e. The van der Waals surface area contributed by atoms with E-state index in [1.165, 1.54) is 0 Å². The van der Waals surface area contributed by atoms with Crippen molar-refractivity contribution in [2.45, 2.75) is 51.7 Å². The van der Waals surface area contributed by atoms with E-state index < -0.39 is 5.60 Å². The summed E-state index contributed by atoms with van der Waals surface area (Å²) in [6.07, 6.45) is 2.05. The van der Waals surface area contributed by atoms with Crippen LogP contribution in [0.2, 0.25) is 0 Å². The van der Waals surface area contributed by atoms with Gasteiger partial charge in [-0.25, -0.2) is 4.79 Å². The second kappa shape index (κ2) is 6.46. The first-order chi connectivity index (χ1) is 9.80. The molecule has 1 unspecified atom stereocenters. The molecule has 5 nitrogen and oxygen atoms in total. The Morgan fingerprint density at radius 2 is 1.95 bits per heavy atom. The van der Waals surface area contributed by atoms with Crippen LogP contribution in [-0.2, 0) is 9.53 Å². The van der Waals surface area contributed by atoms with Gasteiger partial charge in [0.25, 0.3) is 0 Å². The molecule has 2 fully saturated rings. The van der Waals surface area contributed by atoms with Crippen LogP contribution < -0.4 is 0 Å². The van der Waals surface area contributed by atoms with Crippen LogP contribution in [0, 0.1) is 5.92 Å². The third kappa shape index (κ3) is 4.28. The Balaban J connectivity index is 1.83. The van der Waals surface area contributed by atoms with E-state index in [0.717, 1.165) is 25.1 Å². The zero-order valence-corrected chi connectivity index (χ0v) is 14.1. The van der Waals surface area contributed by atoms with Crippen molar-refractivity contribution in [3.8, 4) is 0 Å². The highest BCUT2D eigenvalue weighted by atomic mass is 32.1. The fourth-order valence-electron chi connectivity index (χ4n) is 2.97. The molecule has 0 spiro atoms. The molecule has 2 heterocycles. The molecule has 1 atom stereocenters. The summed E-state index contributed by atoms with van der Waals surface area (Å²) in [5.74, 6) is 1.38. The maximum atomic E-state index is 12.0. The van der Waals surface area contributed by atoms with Crippen molar-refractivity contribution in [1.82, 2.24) is 9.80 Å². The molecule has 2 aliphatic heterocycles. The summed E-state index contributed by atoms with van der Waals surface area (Å²) in [5.41, 5.74) is -0.460. The number of likely N-dealkylation sites (tertiary alicyclic amines) is 2. The Labute approximate surface area is 132 Å². The van der Waals surface area contributed by atoms with E-state index in [4.69, 9.17) is 4.74 Å². The van der Waals surface area contributed by atoms with Crippen LogP contribution >= 0.6 is 12.6 Å². The van der Waals surface area contributed by atoms with E-state index in [1.807, 2.05) is 25.7 Å². The summed E-state index contributed by atoms with van der Waals surface area (Å²) in [7, 11) is 0. The Kier molecular flexibility index (Phi) is 5.07. The predicted molar refractivity (Wildman–Crippen MR) is 84.5 cm³/mol. The third-order valence-corrected chi connectivity index (χ3v) is 4.57. The van der Waals surface area contributed by atoms with E-state index in [1.54, 1.807) is 4.90 Å². The van der Waals surface area contributed by atoms with Gasteiger partial charge in [-0.05, 0) is 45.3 Å². The molecule has 0 bridgehead atoms. The third-order valence-electron chi connectivity index (χ3n) is 4.05. The van der Waals surface area contributed by atoms with Crippen molar-refractivity contribution in [1.29, 1.82) is 0 Å². The second-order valence-electron chi connectivity index (χ2n) is 7.00. The molecule has 2 amide bonds. The molecule has 0 radical (unpaired) electrons. The molecule has 0 N–H and O–H groups in total. The normalized spacial score (nSPS) is 24.6. The monoisotopic (exact) mass is 314 g/mol. The van der Waals surface area contributed by atoms with Gasteiger partial charge in [-0.3, -0.25) is 4.79 Å². The lowest BCUT2D eigenvalue weighted by molar-refractivity contribution is -0.130. The molecular formula is C15H26N2O3S. The zero-order chi connectivity index (χ0) is 15.6. The number of ether oxygens (including phenoxy) is 1. The molecular weight excluding hydrogens is 288 g/mol. The van der Waals surface area contributed by atoms with Gasteiger partial charge in [0.2, 0.25) is 5.91 Å². The van der Waals surface area contributed by atoms with Crippen LogP contribution in [0.1, 0.15) is 40.0 Å².